The summed E-state index contributed by atoms with van der Waals surface area (Å²) in [5.41, 5.74) is 0. The molecule has 76 valence electrons. The lowest BCUT2D eigenvalue weighted by molar-refractivity contribution is -0.119. The Hall–Kier alpha value is -0.750. The van der Waals surface area contributed by atoms with E-state index >= 15 is 0 Å². The lowest BCUT2D eigenvalue weighted by Crippen LogP contribution is -2.37. The van der Waals surface area contributed by atoms with Gasteiger partial charge in [0.15, 0.2) is 0 Å². The van der Waals surface area contributed by atoms with Crippen molar-refractivity contribution in [1.29, 1.82) is 0 Å². The van der Waals surface area contributed by atoms with Crippen molar-refractivity contribution >= 4 is 23.7 Å². The molecule has 0 heterocycles. The Bertz CT molecular complexity index is 175. The average Bonchev–Trinajstić information content (AvgIpc) is 2.12. The van der Waals surface area contributed by atoms with E-state index in [1.807, 2.05) is 0 Å². The molecular weight excluding hydrogens is 192 g/mol. The highest BCUT2D eigenvalue weighted by molar-refractivity contribution is 7.99. The molecule has 5 nitrogen and oxygen atoms in total. The third-order valence-electron chi connectivity index (χ3n) is 1.19. The van der Waals surface area contributed by atoms with Gasteiger partial charge in [0, 0.05) is 25.0 Å². The van der Waals surface area contributed by atoms with E-state index in [9.17, 15) is 9.59 Å². The van der Waals surface area contributed by atoms with Crippen LogP contribution in [0.3, 0.4) is 0 Å². The van der Waals surface area contributed by atoms with Gasteiger partial charge in [-0.1, -0.05) is 0 Å². The summed E-state index contributed by atoms with van der Waals surface area (Å²) in [6, 6.07) is -0.489. The number of carbonyl (C=O) groups excluding carboxylic acids is 2. The van der Waals surface area contributed by atoms with Crippen LogP contribution in [0.4, 0.5) is 4.79 Å². The van der Waals surface area contributed by atoms with Gasteiger partial charge in [0.2, 0.25) is 5.91 Å². The van der Waals surface area contributed by atoms with Gasteiger partial charge < -0.3 is 10.4 Å². The minimum absolute atomic E-state index is 0.113. The second kappa shape index (κ2) is 7.88. The molecule has 0 saturated heterocycles. The fourth-order valence-corrected chi connectivity index (χ4v) is 1.25. The van der Waals surface area contributed by atoms with Gasteiger partial charge in [0.1, 0.15) is 0 Å². The van der Waals surface area contributed by atoms with Crippen LogP contribution in [-0.4, -0.2) is 42.2 Å². The van der Waals surface area contributed by atoms with Crippen molar-refractivity contribution in [2.75, 3.05) is 25.2 Å². The number of urea groups is 1. The first kappa shape index (κ1) is 12.2. The number of rotatable bonds is 5. The zero-order chi connectivity index (χ0) is 10.1. The Morgan fingerprint density at radius 1 is 1.38 bits per heavy atom. The maximum atomic E-state index is 10.9. The van der Waals surface area contributed by atoms with Gasteiger partial charge in [-0.25, -0.2) is 4.79 Å². The summed E-state index contributed by atoms with van der Waals surface area (Å²) in [5, 5.41) is 12.9. The first-order valence-corrected chi connectivity index (χ1v) is 5.06. The van der Waals surface area contributed by atoms with E-state index in [1.54, 1.807) is 0 Å². The van der Waals surface area contributed by atoms with Crippen LogP contribution < -0.4 is 10.6 Å². The normalized spacial score (nSPS) is 9.38. The maximum Gasteiger partial charge on any atom is 0.321 e. The molecule has 3 amide bonds. The minimum Gasteiger partial charge on any atom is -0.396 e. The molecule has 0 bridgehead atoms. The van der Waals surface area contributed by atoms with E-state index < -0.39 is 6.03 Å². The van der Waals surface area contributed by atoms with Crippen LogP contribution in [0.25, 0.3) is 0 Å². The molecule has 0 aromatic rings. The van der Waals surface area contributed by atoms with E-state index in [4.69, 9.17) is 5.11 Å². The predicted molar refractivity (Wildman–Crippen MR) is 51.6 cm³/mol. The summed E-state index contributed by atoms with van der Waals surface area (Å²) >= 11 is 1.47. The van der Waals surface area contributed by atoms with E-state index in [0.717, 1.165) is 0 Å². The van der Waals surface area contributed by atoms with E-state index in [1.165, 1.54) is 18.8 Å². The highest BCUT2D eigenvalue weighted by atomic mass is 32.2. The monoisotopic (exact) mass is 206 g/mol. The van der Waals surface area contributed by atoms with Crippen LogP contribution in [-0.2, 0) is 4.79 Å². The molecule has 3 N–H and O–H groups in total. The smallest absolute Gasteiger partial charge is 0.321 e. The van der Waals surface area contributed by atoms with Crippen LogP contribution in [0.5, 0.6) is 0 Å². The molecule has 0 aliphatic rings. The molecule has 0 aromatic heterocycles. The van der Waals surface area contributed by atoms with E-state index in [2.05, 4.69) is 10.6 Å². The van der Waals surface area contributed by atoms with Crippen molar-refractivity contribution in [3.8, 4) is 0 Å². The van der Waals surface area contributed by atoms with Gasteiger partial charge in [0.25, 0.3) is 0 Å². The Labute approximate surface area is 81.3 Å². The van der Waals surface area contributed by atoms with E-state index in [-0.39, 0.29) is 18.9 Å². The number of aliphatic hydroxyl groups is 1. The summed E-state index contributed by atoms with van der Waals surface area (Å²) in [7, 11) is 1.45. The van der Waals surface area contributed by atoms with Crippen molar-refractivity contribution in [1.82, 2.24) is 10.6 Å². The van der Waals surface area contributed by atoms with Crippen molar-refractivity contribution in [3.63, 3.8) is 0 Å². The van der Waals surface area contributed by atoms with Gasteiger partial charge in [0.05, 0.1) is 6.61 Å². The fraction of sp³-hybridized carbons (Fsp3) is 0.714. The molecule has 13 heavy (non-hydrogen) atoms. The number of imide groups is 1. The zero-order valence-electron chi connectivity index (χ0n) is 7.50. The zero-order valence-corrected chi connectivity index (χ0v) is 8.32. The molecule has 0 aliphatic carbocycles. The average molecular weight is 206 g/mol. The van der Waals surface area contributed by atoms with Crippen molar-refractivity contribution in [2.24, 2.45) is 0 Å². The third kappa shape index (κ3) is 7.61. The fourth-order valence-electron chi connectivity index (χ4n) is 0.583. The van der Waals surface area contributed by atoms with Crippen LogP contribution in [0.2, 0.25) is 0 Å². The lowest BCUT2D eigenvalue weighted by Gasteiger charge is -2.02. The first-order valence-electron chi connectivity index (χ1n) is 3.91. The Morgan fingerprint density at radius 2 is 2.08 bits per heavy atom. The first-order chi connectivity index (χ1) is 6.20. The van der Waals surface area contributed by atoms with Crippen molar-refractivity contribution in [2.45, 2.75) is 6.42 Å². The highest BCUT2D eigenvalue weighted by Gasteiger charge is 2.04. The van der Waals surface area contributed by atoms with Gasteiger partial charge in [-0.2, -0.15) is 11.8 Å². The summed E-state index contributed by atoms with van der Waals surface area (Å²) in [4.78, 5) is 21.5. The molecule has 0 aliphatic heterocycles. The van der Waals surface area contributed by atoms with Crippen molar-refractivity contribution < 1.29 is 14.7 Å². The summed E-state index contributed by atoms with van der Waals surface area (Å²) < 4.78 is 0. The molecule has 0 aromatic carbocycles. The number of hydrogen-bond acceptors (Lipinski definition) is 4. The SMILES string of the molecule is CNC(=O)NC(=O)CCSCCO. The molecule has 0 radical (unpaired) electrons. The van der Waals surface area contributed by atoms with E-state index in [0.29, 0.717) is 11.5 Å². The molecule has 0 fully saturated rings. The van der Waals surface area contributed by atoms with Crippen LogP contribution in [0.1, 0.15) is 6.42 Å². The standard InChI is InChI=1S/C7H14N2O3S/c1-8-7(12)9-6(11)2-4-13-5-3-10/h10H,2-5H2,1H3,(H2,8,9,11,12). The quantitative estimate of drug-likeness (QED) is 0.533. The van der Waals surface area contributed by atoms with Crippen LogP contribution in [0, 0.1) is 0 Å². The second-order valence-corrected chi connectivity index (χ2v) is 3.44. The minimum atomic E-state index is -0.489. The molecule has 6 heteroatoms. The predicted octanol–water partition coefficient (Wildman–Crippen LogP) is -0.442. The number of hydrogen-bond donors (Lipinski definition) is 3. The molecular formula is C7H14N2O3S. The second-order valence-electron chi connectivity index (χ2n) is 2.21. The Morgan fingerprint density at radius 3 is 2.62 bits per heavy atom. The summed E-state index contributed by atoms with van der Waals surface area (Å²) in [6.07, 6.45) is 0.290. The molecule has 0 rings (SSSR count). The summed E-state index contributed by atoms with van der Waals surface area (Å²) in [6.45, 7) is 0.113. The third-order valence-corrected chi connectivity index (χ3v) is 2.15. The number of carbonyl (C=O) groups is 2. The highest BCUT2D eigenvalue weighted by Crippen LogP contribution is 2.00. The van der Waals surface area contributed by atoms with Gasteiger partial charge in [-0.3, -0.25) is 10.1 Å². The van der Waals surface area contributed by atoms with Gasteiger partial charge in [-0.15, -0.1) is 0 Å². The molecule has 0 saturated carbocycles. The largest absolute Gasteiger partial charge is 0.396 e. The van der Waals surface area contributed by atoms with Crippen LogP contribution >= 0.6 is 11.8 Å². The number of amides is 3. The number of nitrogens with one attached hydrogen (secondary N) is 2. The van der Waals surface area contributed by atoms with Gasteiger partial charge in [-0.05, 0) is 0 Å². The topological polar surface area (TPSA) is 78.4 Å². The summed E-state index contributed by atoms with van der Waals surface area (Å²) in [5.74, 6) is 0.932. The Kier molecular flexibility index (Phi) is 7.42. The molecule has 0 spiro atoms. The number of aliphatic hydroxyl groups excluding tert-OH is 1. The van der Waals surface area contributed by atoms with Crippen LogP contribution in [0.15, 0.2) is 0 Å². The lowest BCUT2D eigenvalue weighted by atomic mass is 10.4. The molecule has 0 atom stereocenters. The Balaban J connectivity index is 3.35. The maximum absolute atomic E-state index is 10.9. The number of thioether (sulfide) groups is 1. The molecule has 0 unspecified atom stereocenters. The van der Waals surface area contributed by atoms with Gasteiger partial charge >= 0.3 is 6.03 Å². The van der Waals surface area contributed by atoms with Crippen molar-refractivity contribution in [3.05, 3.63) is 0 Å².